The zero-order valence-electron chi connectivity index (χ0n) is 14.5. The number of hydrogen-bond donors (Lipinski definition) is 1. The van der Waals surface area contributed by atoms with Gasteiger partial charge in [0.15, 0.2) is 0 Å². The summed E-state index contributed by atoms with van der Waals surface area (Å²) in [5.74, 6) is 0.201. The molecular formula is C19H16ClN5OS. The Labute approximate surface area is 166 Å². The van der Waals surface area contributed by atoms with E-state index in [4.69, 9.17) is 23.8 Å². The van der Waals surface area contributed by atoms with Crippen LogP contribution in [0.3, 0.4) is 0 Å². The highest BCUT2D eigenvalue weighted by atomic mass is 35.5. The van der Waals surface area contributed by atoms with Gasteiger partial charge in [-0.1, -0.05) is 41.4 Å². The first-order valence-electron chi connectivity index (χ1n) is 8.44. The third kappa shape index (κ3) is 3.43. The summed E-state index contributed by atoms with van der Waals surface area (Å²) >= 11 is 11.3. The second-order valence-electron chi connectivity index (χ2n) is 6.26. The molecule has 4 rings (SSSR count). The van der Waals surface area contributed by atoms with Crippen molar-refractivity contribution in [3.05, 3.63) is 69.5 Å². The number of benzene rings is 2. The molecule has 6 nitrogen and oxygen atoms in total. The Kier molecular flexibility index (Phi) is 4.63. The van der Waals surface area contributed by atoms with Crippen LogP contribution in [0.1, 0.15) is 24.0 Å². The Hall–Kier alpha value is -2.77. The van der Waals surface area contributed by atoms with E-state index >= 15 is 0 Å². The molecule has 0 atom stereocenters. The number of aryl methyl sites for hydroxylation is 1. The topological polar surface area (TPSA) is 66.3 Å². The molecule has 136 valence electrons. The second-order valence-corrected chi connectivity index (χ2v) is 7.08. The fourth-order valence-electron chi connectivity index (χ4n) is 2.92. The highest BCUT2D eigenvalue weighted by molar-refractivity contribution is 7.71. The quantitative estimate of drug-likeness (QED) is 0.665. The van der Waals surface area contributed by atoms with Crippen LogP contribution in [0, 0.1) is 11.7 Å². The number of anilines is 1. The van der Waals surface area contributed by atoms with Crippen LogP contribution in [-0.2, 0) is 4.79 Å². The van der Waals surface area contributed by atoms with Gasteiger partial charge < -0.3 is 0 Å². The fourth-order valence-corrected chi connectivity index (χ4v) is 3.27. The molecule has 2 heterocycles. The Bertz CT molecular complexity index is 1080. The number of carbonyl (C=O) groups is 1. The van der Waals surface area contributed by atoms with E-state index in [9.17, 15) is 4.79 Å². The maximum atomic E-state index is 12.6. The number of aromatic nitrogens is 3. The van der Waals surface area contributed by atoms with Gasteiger partial charge in [0.2, 0.25) is 4.77 Å². The minimum Gasteiger partial charge on any atom is -0.272 e. The van der Waals surface area contributed by atoms with Crippen molar-refractivity contribution < 1.29 is 4.79 Å². The van der Waals surface area contributed by atoms with Crippen LogP contribution < -0.4 is 5.01 Å². The molecule has 0 saturated carbocycles. The lowest BCUT2D eigenvalue weighted by Crippen LogP contribution is -2.33. The molecule has 0 aliphatic carbocycles. The molecule has 0 fully saturated rings. The van der Waals surface area contributed by atoms with Gasteiger partial charge in [0, 0.05) is 17.9 Å². The van der Waals surface area contributed by atoms with Crippen molar-refractivity contribution in [2.75, 3.05) is 5.01 Å². The minimum atomic E-state index is -0.130. The van der Waals surface area contributed by atoms with Crippen LogP contribution in [0.2, 0.25) is 5.02 Å². The number of aromatic amines is 1. The molecular weight excluding hydrogens is 382 g/mol. The van der Waals surface area contributed by atoms with E-state index in [-0.39, 0.29) is 5.91 Å². The van der Waals surface area contributed by atoms with E-state index in [2.05, 4.69) is 15.3 Å². The SMILES string of the molecule is Cc1ccc(C2=NN(c3n[nH]c(=S)n3-c3ccc(Cl)cc3)C(=O)CC2)cc1. The summed E-state index contributed by atoms with van der Waals surface area (Å²) in [4.78, 5) is 12.6. The third-order valence-corrected chi connectivity index (χ3v) is 4.87. The van der Waals surface area contributed by atoms with Crippen LogP contribution in [0.5, 0.6) is 0 Å². The van der Waals surface area contributed by atoms with Crippen LogP contribution in [0.4, 0.5) is 5.95 Å². The monoisotopic (exact) mass is 397 g/mol. The summed E-state index contributed by atoms with van der Waals surface area (Å²) in [5.41, 5.74) is 3.75. The molecule has 0 radical (unpaired) electrons. The van der Waals surface area contributed by atoms with E-state index in [0.29, 0.717) is 28.6 Å². The largest absolute Gasteiger partial charge is 0.272 e. The summed E-state index contributed by atoms with van der Waals surface area (Å²) in [6.45, 7) is 2.03. The van der Waals surface area contributed by atoms with Gasteiger partial charge in [-0.05, 0) is 49.0 Å². The van der Waals surface area contributed by atoms with Gasteiger partial charge in [-0.3, -0.25) is 9.36 Å². The van der Waals surface area contributed by atoms with E-state index in [1.807, 2.05) is 43.3 Å². The van der Waals surface area contributed by atoms with Crippen LogP contribution in [0.15, 0.2) is 53.6 Å². The number of carbonyl (C=O) groups excluding carboxylic acids is 1. The third-order valence-electron chi connectivity index (χ3n) is 4.35. The average Bonchev–Trinajstić information content (AvgIpc) is 3.05. The molecule has 0 saturated heterocycles. The molecule has 3 aromatic rings. The van der Waals surface area contributed by atoms with Gasteiger partial charge in [0.25, 0.3) is 11.9 Å². The Morgan fingerprint density at radius 3 is 2.48 bits per heavy atom. The van der Waals surface area contributed by atoms with Gasteiger partial charge >= 0.3 is 0 Å². The molecule has 8 heteroatoms. The van der Waals surface area contributed by atoms with Crippen molar-refractivity contribution in [2.24, 2.45) is 5.10 Å². The Morgan fingerprint density at radius 1 is 1.07 bits per heavy atom. The predicted molar refractivity (Wildman–Crippen MR) is 108 cm³/mol. The summed E-state index contributed by atoms with van der Waals surface area (Å²) in [5, 5.41) is 13.5. The first-order valence-corrected chi connectivity index (χ1v) is 9.22. The van der Waals surface area contributed by atoms with E-state index < -0.39 is 0 Å². The first-order chi connectivity index (χ1) is 13.0. The lowest BCUT2D eigenvalue weighted by molar-refractivity contribution is -0.118. The van der Waals surface area contributed by atoms with Crippen molar-refractivity contribution in [2.45, 2.75) is 19.8 Å². The van der Waals surface area contributed by atoms with Gasteiger partial charge in [-0.25, -0.2) is 5.10 Å². The summed E-state index contributed by atoms with van der Waals surface area (Å²) in [7, 11) is 0. The van der Waals surface area contributed by atoms with Crippen molar-refractivity contribution >= 4 is 41.4 Å². The summed E-state index contributed by atoms with van der Waals surface area (Å²) in [6.07, 6.45) is 0.942. The standard InChI is InChI=1S/C19H16ClN5OS/c1-12-2-4-13(5-3-12)16-10-11-17(26)25(23-16)18-21-22-19(27)24(18)15-8-6-14(20)7-9-15/h2-9H,10-11H2,1H3,(H,22,27). The summed E-state index contributed by atoms with van der Waals surface area (Å²) < 4.78 is 2.04. The maximum absolute atomic E-state index is 12.6. The first kappa shape index (κ1) is 17.6. The lowest BCUT2D eigenvalue weighted by Gasteiger charge is -2.23. The maximum Gasteiger partial charge on any atom is 0.258 e. The molecule has 0 spiro atoms. The minimum absolute atomic E-state index is 0.130. The van der Waals surface area contributed by atoms with Crippen LogP contribution in [-0.4, -0.2) is 26.4 Å². The number of hydrogen-bond acceptors (Lipinski definition) is 4. The fraction of sp³-hybridized carbons (Fsp3) is 0.158. The molecule has 1 amide bonds. The molecule has 27 heavy (non-hydrogen) atoms. The Morgan fingerprint density at radius 2 is 1.78 bits per heavy atom. The van der Waals surface area contributed by atoms with Crippen molar-refractivity contribution in [3.63, 3.8) is 0 Å². The molecule has 1 aliphatic rings. The van der Waals surface area contributed by atoms with Crippen LogP contribution in [0.25, 0.3) is 5.69 Å². The highest BCUT2D eigenvalue weighted by Crippen LogP contribution is 2.24. The molecule has 1 aliphatic heterocycles. The summed E-state index contributed by atoms with van der Waals surface area (Å²) in [6, 6.07) is 15.2. The molecule has 0 unspecified atom stereocenters. The smallest absolute Gasteiger partial charge is 0.258 e. The van der Waals surface area contributed by atoms with Crippen molar-refractivity contribution in [3.8, 4) is 5.69 Å². The van der Waals surface area contributed by atoms with Crippen LogP contribution >= 0.6 is 23.8 Å². The van der Waals surface area contributed by atoms with Gasteiger partial charge in [0.05, 0.1) is 11.4 Å². The number of hydrazone groups is 1. The number of nitrogens with zero attached hydrogens (tertiary/aromatic N) is 4. The molecule has 1 N–H and O–H groups in total. The van der Waals surface area contributed by atoms with Gasteiger partial charge in [0.1, 0.15) is 0 Å². The highest BCUT2D eigenvalue weighted by Gasteiger charge is 2.27. The van der Waals surface area contributed by atoms with Gasteiger partial charge in [-0.15, -0.1) is 5.10 Å². The zero-order valence-corrected chi connectivity index (χ0v) is 16.1. The molecule has 1 aromatic heterocycles. The number of nitrogens with one attached hydrogen (secondary N) is 1. The number of rotatable bonds is 3. The van der Waals surface area contributed by atoms with E-state index in [0.717, 1.165) is 17.0 Å². The second kappa shape index (κ2) is 7.09. The number of halogens is 1. The molecule has 2 aromatic carbocycles. The van der Waals surface area contributed by atoms with Gasteiger partial charge in [-0.2, -0.15) is 10.1 Å². The van der Waals surface area contributed by atoms with E-state index in [1.165, 1.54) is 10.6 Å². The van der Waals surface area contributed by atoms with Crippen molar-refractivity contribution in [1.82, 2.24) is 14.8 Å². The normalized spacial score (nSPS) is 14.4. The Balaban J connectivity index is 1.79. The lowest BCUT2D eigenvalue weighted by atomic mass is 10.0. The van der Waals surface area contributed by atoms with Crippen molar-refractivity contribution in [1.29, 1.82) is 0 Å². The predicted octanol–water partition coefficient (Wildman–Crippen LogP) is 4.42. The zero-order chi connectivity index (χ0) is 19.0. The number of amides is 1. The molecule has 0 bridgehead atoms. The van der Waals surface area contributed by atoms with E-state index in [1.54, 1.807) is 16.7 Å². The average molecular weight is 398 g/mol. The number of H-pyrrole nitrogens is 1.